The lowest BCUT2D eigenvalue weighted by Crippen LogP contribution is -2.54. The Bertz CT molecular complexity index is 1630. The van der Waals surface area contributed by atoms with Gasteiger partial charge in [-0.2, -0.15) is 0 Å². The third-order valence-corrected chi connectivity index (χ3v) is 6.25. The molecule has 8 nitrogen and oxygen atoms in total. The van der Waals surface area contributed by atoms with Gasteiger partial charge in [0.05, 0.1) is 11.0 Å². The Kier molecular flexibility index (Phi) is 5.58. The van der Waals surface area contributed by atoms with E-state index >= 15 is 4.39 Å². The molecule has 2 N–H and O–H groups in total. The molecule has 1 amide bonds. The number of amides is 1. The second-order valence-electron chi connectivity index (χ2n) is 10.2. The highest BCUT2D eigenvalue weighted by Crippen LogP contribution is 2.35. The van der Waals surface area contributed by atoms with Crippen molar-refractivity contribution in [3.05, 3.63) is 75.1 Å². The van der Waals surface area contributed by atoms with Crippen molar-refractivity contribution in [2.24, 2.45) is 5.92 Å². The summed E-state index contributed by atoms with van der Waals surface area (Å²) in [7, 11) is 0. The number of likely N-dealkylation sites (tertiary alicyclic amines) is 1. The molecule has 0 atom stereocenters. The van der Waals surface area contributed by atoms with Crippen LogP contribution in [0.1, 0.15) is 20.8 Å². The van der Waals surface area contributed by atoms with Crippen LogP contribution in [0.4, 0.5) is 9.18 Å². The van der Waals surface area contributed by atoms with Gasteiger partial charge in [0, 0.05) is 37.2 Å². The van der Waals surface area contributed by atoms with E-state index < -0.39 is 28.6 Å². The molecule has 0 bridgehead atoms. The summed E-state index contributed by atoms with van der Waals surface area (Å²) in [4.78, 5) is 41.5. The van der Waals surface area contributed by atoms with E-state index in [1.165, 1.54) is 27.7 Å². The standard InChI is InChI=1S/C27H26FN3O5/c1-27(2,3)36-26(35)30-12-15(13-30)14-31-23-11-21(28)20(10-22(23)29-24(33)25(31)34)19-9-17(32)8-16-6-4-5-7-18(16)19/h4-11,15,32H,12-14H2,1-3H3,(H,29,33). The number of aromatic hydroxyl groups is 1. The first-order chi connectivity index (χ1) is 17.0. The number of benzene rings is 3. The summed E-state index contributed by atoms with van der Waals surface area (Å²) >= 11 is 0. The fourth-order valence-corrected chi connectivity index (χ4v) is 4.62. The minimum Gasteiger partial charge on any atom is -0.508 e. The fourth-order valence-electron chi connectivity index (χ4n) is 4.62. The number of hydrogen-bond acceptors (Lipinski definition) is 5. The normalized spacial score (nSPS) is 14.3. The van der Waals surface area contributed by atoms with E-state index in [1.807, 2.05) is 24.3 Å². The van der Waals surface area contributed by atoms with Crippen molar-refractivity contribution in [1.29, 1.82) is 0 Å². The van der Waals surface area contributed by atoms with Crippen molar-refractivity contribution >= 4 is 27.9 Å². The number of phenols is 1. The molecule has 0 saturated carbocycles. The number of ether oxygens (including phenoxy) is 1. The van der Waals surface area contributed by atoms with Gasteiger partial charge in [-0.15, -0.1) is 0 Å². The average Bonchev–Trinajstić information content (AvgIpc) is 2.76. The lowest BCUT2D eigenvalue weighted by molar-refractivity contribution is -0.00330. The first-order valence-electron chi connectivity index (χ1n) is 11.7. The molecule has 0 radical (unpaired) electrons. The molecule has 5 rings (SSSR count). The molecule has 0 spiro atoms. The van der Waals surface area contributed by atoms with E-state index in [0.29, 0.717) is 24.2 Å². The number of rotatable bonds is 3. The predicted octanol–water partition coefficient (Wildman–Crippen LogP) is 4.22. The van der Waals surface area contributed by atoms with Gasteiger partial charge < -0.3 is 24.3 Å². The van der Waals surface area contributed by atoms with Crippen molar-refractivity contribution in [2.45, 2.75) is 32.9 Å². The molecule has 0 aliphatic carbocycles. The number of carbonyl (C=O) groups excluding carboxylic acids is 1. The zero-order chi connectivity index (χ0) is 25.8. The number of carbonyl (C=O) groups is 1. The molecule has 0 unspecified atom stereocenters. The number of halogens is 1. The molecule has 3 aromatic carbocycles. The summed E-state index contributed by atoms with van der Waals surface area (Å²) in [5, 5.41) is 11.7. The molecule has 1 saturated heterocycles. The molecule has 2 heterocycles. The molecular weight excluding hydrogens is 465 g/mol. The molecule has 1 aliphatic rings. The number of aromatic amines is 1. The molecular formula is C27H26FN3O5. The summed E-state index contributed by atoms with van der Waals surface area (Å²) in [6, 6.07) is 13.1. The van der Waals surface area contributed by atoms with Crippen LogP contribution in [0.2, 0.25) is 0 Å². The lowest BCUT2D eigenvalue weighted by atomic mass is 9.96. The van der Waals surface area contributed by atoms with Gasteiger partial charge in [-0.25, -0.2) is 9.18 Å². The molecule has 1 aromatic heterocycles. The molecule has 36 heavy (non-hydrogen) atoms. The van der Waals surface area contributed by atoms with Crippen molar-refractivity contribution in [1.82, 2.24) is 14.5 Å². The molecule has 4 aromatic rings. The van der Waals surface area contributed by atoms with Crippen LogP contribution in [0, 0.1) is 11.7 Å². The number of nitrogens with zero attached hydrogens (tertiary/aromatic N) is 2. The Balaban J connectivity index is 1.51. The van der Waals surface area contributed by atoms with Crippen LogP contribution in [0.3, 0.4) is 0 Å². The summed E-state index contributed by atoms with van der Waals surface area (Å²) in [5.41, 5.74) is -1.01. The Labute approximate surface area is 205 Å². The molecule has 9 heteroatoms. The lowest BCUT2D eigenvalue weighted by Gasteiger charge is -2.40. The minimum absolute atomic E-state index is 0.0128. The maximum absolute atomic E-state index is 15.5. The summed E-state index contributed by atoms with van der Waals surface area (Å²) in [6.45, 7) is 6.24. The first kappa shape index (κ1) is 23.6. The highest BCUT2D eigenvalue weighted by atomic mass is 19.1. The van der Waals surface area contributed by atoms with Crippen LogP contribution in [-0.4, -0.2) is 44.3 Å². The summed E-state index contributed by atoms with van der Waals surface area (Å²) in [5.74, 6) is -0.693. The Morgan fingerprint density at radius 3 is 2.56 bits per heavy atom. The maximum Gasteiger partial charge on any atom is 0.410 e. The SMILES string of the molecule is CC(C)(C)OC(=O)N1CC(Cn2c(=O)c(=O)[nH]c3cc(-c4cc(O)cc5ccccc45)c(F)cc32)C1. The van der Waals surface area contributed by atoms with Gasteiger partial charge in [0.15, 0.2) is 0 Å². The van der Waals surface area contributed by atoms with Gasteiger partial charge in [0.25, 0.3) is 0 Å². The van der Waals surface area contributed by atoms with Crippen LogP contribution in [0.15, 0.2) is 58.1 Å². The third kappa shape index (κ3) is 4.32. The monoisotopic (exact) mass is 491 g/mol. The Morgan fingerprint density at radius 2 is 1.83 bits per heavy atom. The summed E-state index contributed by atoms with van der Waals surface area (Å²) in [6.07, 6.45) is -0.434. The van der Waals surface area contributed by atoms with E-state index in [9.17, 15) is 19.5 Å². The van der Waals surface area contributed by atoms with Gasteiger partial charge in [-0.1, -0.05) is 24.3 Å². The second kappa shape index (κ2) is 8.51. The molecule has 1 aliphatic heterocycles. The quantitative estimate of drug-likeness (QED) is 0.418. The number of nitrogens with one attached hydrogen (secondary N) is 1. The van der Waals surface area contributed by atoms with Gasteiger partial charge >= 0.3 is 17.2 Å². The fraction of sp³-hybridized carbons (Fsp3) is 0.296. The minimum atomic E-state index is -0.816. The van der Waals surface area contributed by atoms with Gasteiger partial charge in [-0.3, -0.25) is 9.59 Å². The Morgan fingerprint density at radius 1 is 1.11 bits per heavy atom. The number of aromatic nitrogens is 2. The van der Waals surface area contributed by atoms with Crippen molar-refractivity contribution in [2.75, 3.05) is 13.1 Å². The molecule has 186 valence electrons. The summed E-state index contributed by atoms with van der Waals surface area (Å²) < 4.78 is 22.1. The van der Waals surface area contributed by atoms with E-state index in [0.717, 1.165) is 10.8 Å². The number of phenolic OH excluding ortho intramolecular Hbond substituents is 1. The number of H-pyrrole nitrogens is 1. The number of hydrogen-bond donors (Lipinski definition) is 2. The number of fused-ring (bicyclic) bond motifs is 2. The van der Waals surface area contributed by atoms with Crippen LogP contribution in [0.5, 0.6) is 5.75 Å². The van der Waals surface area contributed by atoms with Gasteiger partial charge in [0.1, 0.15) is 17.2 Å². The third-order valence-electron chi connectivity index (χ3n) is 6.25. The van der Waals surface area contributed by atoms with E-state index in [-0.39, 0.29) is 29.3 Å². The predicted molar refractivity (Wildman–Crippen MR) is 135 cm³/mol. The van der Waals surface area contributed by atoms with Crippen LogP contribution < -0.4 is 11.1 Å². The van der Waals surface area contributed by atoms with Crippen molar-refractivity contribution in [3.8, 4) is 16.9 Å². The van der Waals surface area contributed by atoms with Crippen LogP contribution in [0.25, 0.3) is 32.9 Å². The van der Waals surface area contributed by atoms with Gasteiger partial charge in [-0.05, 0) is 55.3 Å². The highest BCUT2D eigenvalue weighted by molar-refractivity contribution is 5.99. The van der Waals surface area contributed by atoms with Gasteiger partial charge in [0.2, 0.25) is 0 Å². The average molecular weight is 492 g/mol. The smallest absolute Gasteiger partial charge is 0.410 e. The topological polar surface area (TPSA) is 105 Å². The first-order valence-corrected chi connectivity index (χ1v) is 11.7. The Hall–Kier alpha value is -4.14. The van der Waals surface area contributed by atoms with Crippen molar-refractivity contribution in [3.63, 3.8) is 0 Å². The van der Waals surface area contributed by atoms with Crippen LogP contribution in [-0.2, 0) is 11.3 Å². The second-order valence-corrected chi connectivity index (χ2v) is 10.2. The zero-order valence-electron chi connectivity index (χ0n) is 20.2. The van der Waals surface area contributed by atoms with E-state index in [4.69, 9.17) is 4.74 Å². The largest absolute Gasteiger partial charge is 0.508 e. The van der Waals surface area contributed by atoms with E-state index in [1.54, 1.807) is 26.8 Å². The van der Waals surface area contributed by atoms with E-state index in [2.05, 4.69) is 4.98 Å². The zero-order valence-corrected chi connectivity index (χ0v) is 20.2. The highest BCUT2D eigenvalue weighted by Gasteiger charge is 2.34. The maximum atomic E-state index is 15.5. The van der Waals surface area contributed by atoms with Crippen molar-refractivity contribution < 1.29 is 19.0 Å². The molecule has 1 fully saturated rings. The van der Waals surface area contributed by atoms with Crippen LogP contribution >= 0.6 is 0 Å².